The normalized spacial score (nSPS) is 18.8. The van der Waals surface area contributed by atoms with Gasteiger partial charge in [0, 0.05) is 18.2 Å². The molecule has 2 aromatic rings. The van der Waals surface area contributed by atoms with Crippen LogP contribution in [0.25, 0.3) is 0 Å². The topological polar surface area (TPSA) is 70.6 Å². The molecule has 6 heteroatoms. The number of fused-ring (bicyclic) bond motifs is 1. The zero-order valence-electron chi connectivity index (χ0n) is 13.3. The Balaban J connectivity index is 1.67. The molecule has 1 aliphatic rings. The van der Waals surface area contributed by atoms with Crippen molar-refractivity contribution in [2.24, 2.45) is 0 Å². The Kier molecular flexibility index (Phi) is 4.66. The number of urea groups is 1. The molecule has 24 heavy (non-hydrogen) atoms. The number of hydrogen-bond acceptors (Lipinski definition) is 3. The van der Waals surface area contributed by atoms with Gasteiger partial charge >= 0.3 is 6.03 Å². The van der Waals surface area contributed by atoms with E-state index >= 15 is 0 Å². The highest BCUT2D eigenvalue weighted by atomic mass is 19.1. The monoisotopic (exact) mass is 330 g/mol. The number of rotatable bonds is 4. The molecular formula is C18H19FN2O3. The number of carbonyl (C=O) groups is 1. The van der Waals surface area contributed by atoms with Gasteiger partial charge in [-0.05, 0) is 30.2 Å². The van der Waals surface area contributed by atoms with Crippen LogP contribution in [0.2, 0.25) is 0 Å². The molecule has 126 valence electrons. The first-order chi connectivity index (χ1) is 11.6. The molecule has 3 N–H and O–H groups in total. The minimum Gasteiger partial charge on any atom is -0.491 e. The molecule has 0 fully saturated rings. The van der Waals surface area contributed by atoms with E-state index in [9.17, 15) is 14.3 Å². The Morgan fingerprint density at radius 1 is 1.33 bits per heavy atom. The van der Waals surface area contributed by atoms with Crippen LogP contribution in [0, 0.1) is 5.82 Å². The van der Waals surface area contributed by atoms with Gasteiger partial charge in [0.1, 0.15) is 0 Å². The second-order valence-corrected chi connectivity index (χ2v) is 5.62. The Morgan fingerprint density at radius 2 is 2.12 bits per heavy atom. The summed E-state index contributed by atoms with van der Waals surface area (Å²) < 4.78 is 18.9. The number of carbonyl (C=O) groups excluding carboxylic acids is 1. The van der Waals surface area contributed by atoms with Crippen molar-refractivity contribution < 1.29 is 19.0 Å². The summed E-state index contributed by atoms with van der Waals surface area (Å²) in [6.07, 6.45) is -0.177. The highest BCUT2D eigenvalue weighted by molar-refractivity contribution is 5.89. The third kappa shape index (κ3) is 3.33. The largest absolute Gasteiger partial charge is 0.491 e. The molecule has 2 amide bonds. The number of nitrogens with one attached hydrogen (secondary N) is 2. The van der Waals surface area contributed by atoms with Crippen molar-refractivity contribution in [3.63, 3.8) is 0 Å². The van der Waals surface area contributed by atoms with E-state index < -0.39 is 24.0 Å². The molecule has 0 saturated carbocycles. The number of anilines is 1. The first-order valence-corrected chi connectivity index (χ1v) is 7.84. The minimum absolute atomic E-state index is 0.142. The van der Waals surface area contributed by atoms with Gasteiger partial charge in [-0.25, -0.2) is 9.18 Å². The van der Waals surface area contributed by atoms with E-state index in [0.717, 1.165) is 11.1 Å². The third-order valence-electron chi connectivity index (χ3n) is 3.98. The Bertz CT molecular complexity index is 751. The molecular weight excluding hydrogens is 311 g/mol. The Morgan fingerprint density at radius 3 is 2.88 bits per heavy atom. The number of aliphatic hydroxyl groups is 1. The van der Waals surface area contributed by atoms with E-state index in [-0.39, 0.29) is 5.75 Å². The number of benzene rings is 2. The molecule has 5 nitrogen and oxygen atoms in total. The van der Waals surface area contributed by atoms with E-state index in [1.54, 1.807) is 13.0 Å². The van der Waals surface area contributed by atoms with E-state index in [2.05, 4.69) is 10.6 Å². The Labute approximate surface area is 139 Å². The van der Waals surface area contributed by atoms with Gasteiger partial charge in [-0.3, -0.25) is 0 Å². The van der Waals surface area contributed by atoms with Gasteiger partial charge in [0.05, 0.1) is 18.8 Å². The Hall–Kier alpha value is -2.60. The summed E-state index contributed by atoms with van der Waals surface area (Å²) in [6.45, 7) is 2.13. The number of ether oxygens (including phenoxy) is 1. The lowest BCUT2D eigenvalue weighted by molar-refractivity contribution is 0.144. The molecule has 0 spiro atoms. The summed E-state index contributed by atoms with van der Waals surface area (Å²) in [7, 11) is 0. The van der Waals surface area contributed by atoms with Crippen LogP contribution in [-0.4, -0.2) is 23.8 Å². The quantitative estimate of drug-likeness (QED) is 0.807. The van der Waals surface area contributed by atoms with Gasteiger partial charge in [0.15, 0.2) is 11.6 Å². The van der Waals surface area contributed by atoms with Gasteiger partial charge < -0.3 is 20.5 Å². The van der Waals surface area contributed by atoms with Crippen LogP contribution in [0.4, 0.5) is 14.9 Å². The van der Waals surface area contributed by atoms with E-state index in [1.165, 1.54) is 12.1 Å². The standard InChI is InChI=1S/C18H19FN2O3/c1-2-24-16-8-7-12(10-14(16)19)20-18(23)21-17-13-6-4-3-5-11(13)9-15(17)22/h3-8,10,15,17,22H,2,9H2,1H3,(H2,20,21,23)/t15-,17+/m0/s1. The van der Waals surface area contributed by atoms with Crippen LogP contribution >= 0.6 is 0 Å². The molecule has 2 atom stereocenters. The fourth-order valence-corrected chi connectivity index (χ4v) is 2.91. The zero-order chi connectivity index (χ0) is 17.1. The van der Waals surface area contributed by atoms with E-state index in [4.69, 9.17) is 4.74 Å². The predicted molar refractivity (Wildman–Crippen MR) is 88.6 cm³/mol. The average Bonchev–Trinajstić information content (AvgIpc) is 2.86. The van der Waals surface area contributed by atoms with Crippen LogP contribution in [0.3, 0.4) is 0 Å². The van der Waals surface area contributed by atoms with Crippen molar-refractivity contribution in [1.29, 1.82) is 0 Å². The number of halogens is 1. The lowest BCUT2D eigenvalue weighted by Crippen LogP contribution is -2.36. The van der Waals surface area contributed by atoms with Crippen LogP contribution in [0.5, 0.6) is 5.75 Å². The summed E-state index contributed by atoms with van der Waals surface area (Å²) in [5, 5.41) is 15.5. The molecule has 0 aromatic heterocycles. The van der Waals surface area contributed by atoms with Gasteiger partial charge in [0.25, 0.3) is 0 Å². The molecule has 2 aromatic carbocycles. The molecule has 0 saturated heterocycles. The van der Waals surface area contributed by atoms with Crippen LogP contribution in [0.15, 0.2) is 42.5 Å². The second-order valence-electron chi connectivity index (χ2n) is 5.62. The van der Waals surface area contributed by atoms with Crippen molar-refractivity contribution >= 4 is 11.7 Å². The number of amides is 2. The average molecular weight is 330 g/mol. The van der Waals surface area contributed by atoms with Crippen LogP contribution < -0.4 is 15.4 Å². The summed E-state index contributed by atoms with van der Waals surface area (Å²) in [6, 6.07) is 10.8. The highest BCUT2D eigenvalue weighted by Gasteiger charge is 2.31. The zero-order valence-corrected chi connectivity index (χ0v) is 13.3. The molecule has 0 bridgehead atoms. The maximum atomic E-state index is 13.8. The van der Waals surface area contributed by atoms with E-state index in [0.29, 0.717) is 18.7 Å². The van der Waals surface area contributed by atoms with Crippen LogP contribution in [-0.2, 0) is 6.42 Å². The van der Waals surface area contributed by atoms with Crippen molar-refractivity contribution in [2.45, 2.75) is 25.5 Å². The highest BCUT2D eigenvalue weighted by Crippen LogP contribution is 2.31. The van der Waals surface area contributed by atoms with Gasteiger partial charge in [0.2, 0.25) is 0 Å². The van der Waals surface area contributed by atoms with E-state index in [1.807, 2.05) is 24.3 Å². The van der Waals surface area contributed by atoms with Crippen molar-refractivity contribution in [3.05, 3.63) is 59.4 Å². The van der Waals surface area contributed by atoms with Crippen molar-refractivity contribution in [3.8, 4) is 5.75 Å². The first-order valence-electron chi connectivity index (χ1n) is 7.84. The lowest BCUT2D eigenvalue weighted by Gasteiger charge is -2.18. The molecule has 0 unspecified atom stereocenters. The predicted octanol–water partition coefficient (Wildman–Crippen LogP) is 3.00. The lowest BCUT2D eigenvalue weighted by atomic mass is 10.1. The van der Waals surface area contributed by atoms with Gasteiger partial charge in [-0.15, -0.1) is 0 Å². The summed E-state index contributed by atoms with van der Waals surface area (Å²) >= 11 is 0. The summed E-state index contributed by atoms with van der Waals surface area (Å²) in [4.78, 5) is 12.2. The SMILES string of the molecule is CCOc1ccc(NC(=O)N[C@@H]2c3ccccc3C[C@@H]2O)cc1F. The minimum atomic E-state index is -0.676. The van der Waals surface area contributed by atoms with Gasteiger partial charge in [-0.2, -0.15) is 0 Å². The number of aliphatic hydroxyl groups excluding tert-OH is 1. The second kappa shape index (κ2) is 6.88. The number of hydrogen-bond donors (Lipinski definition) is 3. The van der Waals surface area contributed by atoms with Crippen LogP contribution in [0.1, 0.15) is 24.1 Å². The maximum Gasteiger partial charge on any atom is 0.319 e. The molecule has 0 radical (unpaired) electrons. The smallest absolute Gasteiger partial charge is 0.319 e. The summed E-state index contributed by atoms with van der Waals surface area (Å²) in [5.74, 6) is -0.399. The summed E-state index contributed by atoms with van der Waals surface area (Å²) in [5.41, 5.74) is 2.23. The molecule has 0 aliphatic heterocycles. The fraction of sp³-hybridized carbons (Fsp3) is 0.278. The van der Waals surface area contributed by atoms with Crippen molar-refractivity contribution in [2.75, 3.05) is 11.9 Å². The van der Waals surface area contributed by atoms with Gasteiger partial charge in [-0.1, -0.05) is 24.3 Å². The molecule has 1 aliphatic carbocycles. The van der Waals surface area contributed by atoms with Crippen molar-refractivity contribution in [1.82, 2.24) is 5.32 Å². The molecule has 0 heterocycles. The fourth-order valence-electron chi connectivity index (χ4n) is 2.91. The maximum absolute atomic E-state index is 13.8. The molecule has 3 rings (SSSR count). The third-order valence-corrected chi connectivity index (χ3v) is 3.98. The first kappa shape index (κ1) is 16.3.